The number of carboxylic acids is 1. The van der Waals surface area contributed by atoms with Crippen LogP contribution in [0.2, 0.25) is 0 Å². The number of alkyl halides is 3. The monoisotopic (exact) mass is 435 g/mol. The van der Waals surface area contributed by atoms with E-state index in [0.29, 0.717) is 6.54 Å². The lowest BCUT2D eigenvalue weighted by Gasteiger charge is -2.44. The van der Waals surface area contributed by atoms with Crippen LogP contribution in [-0.4, -0.2) is 77.6 Å². The molecule has 3 heterocycles. The Hall–Kier alpha value is -2.14. The molecule has 29 heavy (non-hydrogen) atoms. The van der Waals surface area contributed by atoms with E-state index in [9.17, 15) is 22.8 Å². The molecule has 0 unspecified atom stereocenters. The van der Waals surface area contributed by atoms with Crippen LogP contribution in [0.3, 0.4) is 0 Å². The fourth-order valence-electron chi connectivity index (χ4n) is 3.75. The minimum Gasteiger partial charge on any atom is -0.475 e. The summed E-state index contributed by atoms with van der Waals surface area (Å²) in [5.41, 5.74) is 0.923. The van der Waals surface area contributed by atoms with Crippen LogP contribution in [0.4, 0.5) is 13.2 Å². The summed E-state index contributed by atoms with van der Waals surface area (Å²) in [6, 6.07) is 1.89. The summed E-state index contributed by atoms with van der Waals surface area (Å²) in [5.74, 6) is -2.53. The van der Waals surface area contributed by atoms with E-state index in [4.69, 9.17) is 9.90 Å². The predicted molar refractivity (Wildman–Crippen MR) is 101 cm³/mol. The zero-order chi connectivity index (χ0) is 21.7. The normalized spacial score (nSPS) is 18.8. The van der Waals surface area contributed by atoms with Crippen molar-refractivity contribution in [2.75, 3.05) is 33.2 Å². The third-order valence-electron chi connectivity index (χ3n) is 5.35. The van der Waals surface area contributed by atoms with E-state index in [2.05, 4.69) is 10.2 Å². The fourth-order valence-corrected chi connectivity index (χ4v) is 4.38. The molecule has 1 aromatic heterocycles. The highest BCUT2D eigenvalue weighted by molar-refractivity contribution is 7.08. The third kappa shape index (κ3) is 5.92. The number of piperidine rings is 1. The molecule has 2 N–H and O–H groups in total. The molecule has 0 bridgehead atoms. The number of carbonyl (C=O) groups excluding carboxylic acids is 2. The van der Waals surface area contributed by atoms with Gasteiger partial charge < -0.3 is 15.3 Å². The SMILES string of the molecule is CNC(=O)CN1CCCC12CCN(C(=O)c1ccsc1)CC2.O=C(O)C(F)(F)F. The minimum absolute atomic E-state index is 0.0815. The molecule has 2 saturated heterocycles. The number of amides is 2. The van der Waals surface area contributed by atoms with Gasteiger partial charge in [0.25, 0.3) is 5.91 Å². The van der Waals surface area contributed by atoms with Gasteiger partial charge in [0.1, 0.15) is 0 Å². The number of carbonyl (C=O) groups is 3. The number of halogens is 3. The first-order chi connectivity index (χ1) is 13.6. The quantitative estimate of drug-likeness (QED) is 0.760. The zero-order valence-electron chi connectivity index (χ0n) is 16.0. The molecule has 1 aromatic rings. The topological polar surface area (TPSA) is 90.0 Å². The highest BCUT2D eigenvalue weighted by Gasteiger charge is 2.44. The number of nitrogens with one attached hydrogen (secondary N) is 1. The Bertz CT molecular complexity index is 716. The molecular weight excluding hydrogens is 411 g/mol. The maximum Gasteiger partial charge on any atom is 0.490 e. The Balaban J connectivity index is 0.000000370. The molecule has 162 valence electrons. The van der Waals surface area contributed by atoms with Gasteiger partial charge in [-0.05, 0) is 43.7 Å². The summed E-state index contributed by atoms with van der Waals surface area (Å²) in [4.78, 5) is 37.3. The Labute approximate surface area is 170 Å². The summed E-state index contributed by atoms with van der Waals surface area (Å²) in [6.07, 6.45) is -0.848. The van der Waals surface area contributed by atoms with Crippen LogP contribution in [0.1, 0.15) is 36.0 Å². The molecule has 1 spiro atoms. The Morgan fingerprint density at radius 3 is 2.31 bits per heavy atom. The van der Waals surface area contributed by atoms with Crippen molar-refractivity contribution >= 4 is 29.1 Å². The second-order valence-corrected chi connectivity index (χ2v) is 7.81. The van der Waals surface area contributed by atoms with Gasteiger partial charge in [0.15, 0.2) is 0 Å². The maximum absolute atomic E-state index is 12.4. The fraction of sp³-hybridized carbons (Fsp3) is 0.611. The summed E-state index contributed by atoms with van der Waals surface area (Å²) < 4.78 is 31.7. The van der Waals surface area contributed by atoms with E-state index < -0.39 is 12.1 Å². The standard InChI is InChI=1S/C16H23N3O2S.C2HF3O2/c1-17-14(20)11-19-7-2-4-16(19)5-8-18(9-6-16)15(21)13-3-10-22-12-13;3-2(4,5)1(6)7/h3,10,12H,2,4-9,11H2,1H3,(H,17,20);(H,6,7). The minimum atomic E-state index is -5.08. The Kier molecular flexibility index (Phi) is 7.64. The van der Waals surface area contributed by atoms with Gasteiger partial charge >= 0.3 is 12.1 Å². The Morgan fingerprint density at radius 1 is 1.21 bits per heavy atom. The molecule has 0 atom stereocenters. The molecule has 0 radical (unpaired) electrons. The van der Waals surface area contributed by atoms with Crippen molar-refractivity contribution < 1.29 is 32.7 Å². The van der Waals surface area contributed by atoms with Crippen molar-refractivity contribution in [2.45, 2.75) is 37.4 Å². The van der Waals surface area contributed by atoms with Gasteiger partial charge in [-0.2, -0.15) is 24.5 Å². The molecule has 2 fully saturated rings. The first-order valence-electron chi connectivity index (χ1n) is 9.16. The molecule has 7 nitrogen and oxygen atoms in total. The lowest BCUT2D eigenvalue weighted by atomic mass is 9.84. The number of carboxylic acid groups (broad SMARTS) is 1. The largest absolute Gasteiger partial charge is 0.490 e. The van der Waals surface area contributed by atoms with Crippen LogP contribution in [-0.2, 0) is 9.59 Å². The molecule has 2 amide bonds. The summed E-state index contributed by atoms with van der Waals surface area (Å²) in [5, 5.41) is 13.7. The average Bonchev–Trinajstić information content (AvgIpc) is 3.33. The van der Waals surface area contributed by atoms with Gasteiger partial charge in [-0.15, -0.1) is 0 Å². The summed E-state index contributed by atoms with van der Waals surface area (Å²) in [7, 11) is 1.69. The van der Waals surface area contributed by atoms with Crippen molar-refractivity contribution in [2.24, 2.45) is 0 Å². The molecular formula is C18H24F3N3O4S. The van der Waals surface area contributed by atoms with Crippen molar-refractivity contribution in [3.63, 3.8) is 0 Å². The molecule has 0 aliphatic carbocycles. The van der Waals surface area contributed by atoms with Crippen LogP contribution in [0.15, 0.2) is 16.8 Å². The number of likely N-dealkylation sites (tertiary alicyclic amines) is 2. The van der Waals surface area contributed by atoms with E-state index in [1.807, 2.05) is 21.7 Å². The van der Waals surface area contributed by atoms with Gasteiger partial charge in [0.2, 0.25) is 5.91 Å². The van der Waals surface area contributed by atoms with Crippen LogP contribution < -0.4 is 5.32 Å². The number of thiophene rings is 1. The van der Waals surface area contributed by atoms with Crippen molar-refractivity contribution in [3.8, 4) is 0 Å². The molecule has 2 aliphatic rings. The number of hydrogen-bond donors (Lipinski definition) is 2. The molecule has 11 heteroatoms. The third-order valence-corrected chi connectivity index (χ3v) is 6.03. The first kappa shape index (κ1) is 23.1. The average molecular weight is 435 g/mol. The number of aliphatic carboxylic acids is 1. The van der Waals surface area contributed by atoms with Gasteiger partial charge in [-0.1, -0.05) is 0 Å². The number of nitrogens with zero attached hydrogens (tertiary/aromatic N) is 2. The van der Waals surface area contributed by atoms with Gasteiger partial charge in [0.05, 0.1) is 12.1 Å². The first-order valence-corrected chi connectivity index (χ1v) is 10.1. The van der Waals surface area contributed by atoms with E-state index in [1.165, 1.54) is 0 Å². The lowest BCUT2D eigenvalue weighted by Crippen LogP contribution is -2.55. The molecule has 3 rings (SSSR count). The van der Waals surface area contributed by atoms with E-state index in [-0.39, 0.29) is 17.4 Å². The van der Waals surface area contributed by atoms with Crippen LogP contribution in [0.5, 0.6) is 0 Å². The number of rotatable bonds is 3. The van der Waals surface area contributed by atoms with Gasteiger partial charge in [0, 0.05) is 31.1 Å². The summed E-state index contributed by atoms with van der Waals surface area (Å²) >= 11 is 1.56. The highest BCUT2D eigenvalue weighted by Crippen LogP contribution is 2.38. The van der Waals surface area contributed by atoms with Crippen LogP contribution in [0.25, 0.3) is 0 Å². The predicted octanol–water partition coefficient (Wildman–Crippen LogP) is 2.20. The second-order valence-electron chi connectivity index (χ2n) is 7.03. The van der Waals surface area contributed by atoms with E-state index >= 15 is 0 Å². The number of likely N-dealkylation sites (N-methyl/N-ethyl adjacent to an activating group) is 1. The molecule has 0 aromatic carbocycles. The number of hydrogen-bond acceptors (Lipinski definition) is 5. The van der Waals surface area contributed by atoms with Crippen molar-refractivity contribution in [1.29, 1.82) is 0 Å². The zero-order valence-corrected chi connectivity index (χ0v) is 16.8. The highest BCUT2D eigenvalue weighted by atomic mass is 32.1. The van der Waals surface area contributed by atoms with E-state index in [1.54, 1.807) is 18.4 Å². The lowest BCUT2D eigenvalue weighted by molar-refractivity contribution is -0.192. The smallest absolute Gasteiger partial charge is 0.475 e. The summed E-state index contributed by atoms with van der Waals surface area (Å²) in [6.45, 7) is 3.05. The van der Waals surface area contributed by atoms with Gasteiger partial charge in [-0.3, -0.25) is 14.5 Å². The van der Waals surface area contributed by atoms with Crippen LogP contribution in [0, 0.1) is 0 Å². The second kappa shape index (κ2) is 9.57. The maximum atomic E-state index is 12.4. The van der Waals surface area contributed by atoms with Crippen molar-refractivity contribution in [1.82, 2.24) is 15.1 Å². The Morgan fingerprint density at radius 2 is 1.83 bits per heavy atom. The van der Waals surface area contributed by atoms with E-state index in [0.717, 1.165) is 50.9 Å². The molecule has 0 saturated carbocycles. The van der Waals surface area contributed by atoms with Crippen LogP contribution >= 0.6 is 11.3 Å². The van der Waals surface area contributed by atoms with Gasteiger partial charge in [-0.25, -0.2) is 4.79 Å². The molecule has 2 aliphatic heterocycles. The van der Waals surface area contributed by atoms with Crippen molar-refractivity contribution in [3.05, 3.63) is 22.4 Å².